The fourth-order valence-electron chi connectivity index (χ4n) is 3.22. The zero-order valence-electron chi connectivity index (χ0n) is 18.3. The Morgan fingerprint density at radius 2 is 1.94 bits per heavy atom. The molecule has 174 valence electrons. The van der Waals surface area contributed by atoms with Gasteiger partial charge in [0, 0.05) is 37.1 Å². The zero-order valence-corrected chi connectivity index (χ0v) is 19.1. The fourth-order valence-corrected chi connectivity index (χ4v) is 4.07. The van der Waals surface area contributed by atoms with E-state index in [0.29, 0.717) is 11.7 Å². The molecule has 2 heterocycles. The van der Waals surface area contributed by atoms with Crippen molar-refractivity contribution in [2.45, 2.75) is 19.8 Å². The maximum absolute atomic E-state index is 13.8. The Kier molecular flexibility index (Phi) is 7.17. The number of nitrogens with zero attached hydrogens (tertiary/aromatic N) is 3. The minimum Gasteiger partial charge on any atom is -0.354 e. The van der Waals surface area contributed by atoms with Crippen LogP contribution in [0.3, 0.4) is 0 Å². The first-order valence-corrected chi connectivity index (χ1v) is 11.4. The van der Waals surface area contributed by atoms with Crippen molar-refractivity contribution in [2.75, 3.05) is 13.1 Å². The first-order chi connectivity index (χ1) is 16.4. The van der Waals surface area contributed by atoms with Crippen molar-refractivity contribution in [2.24, 2.45) is 0 Å². The van der Waals surface area contributed by atoms with Gasteiger partial charge in [-0.25, -0.2) is 4.39 Å². The zero-order chi connectivity index (χ0) is 24.1. The normalized spacial score (nSPS) is 14.8. The second-order valence-corrected chi connectivity index (χ2v) is 8.58. The van der Waals surface area contributed by atoms with Crippen molar-refractivity contribution in [3.63, 3.8) is 0 Å². The summed E-state index contributed by atoms with van der Waals surface area (Å²) in [6.45, 7) is 2.10. The number of halogens is 1. The number of imide groups is 1. The van der Waals surface area contributed by atoms with Gasteiger partial charge in [0.2, 0.25) is 17.6 Å². The minimum absolute atomic E-state index is 0.0170. The Hall–Kier alpha value is -3.79. The van der Waals surface area contributed by atoms with Gasteiger partial charge in [-0.05, 0) is 30.8 Å². The molecular weight excluding hydrogens is 459 g/mol. The largest absolute Gasteiger partial charge is 0.354 e. The summed E-state index contributed by atoms with van der Waals surface area (Å²) in [4.78, 5) is 42.3. The second-order valence-electron chi connectivity index (χ2n) is 7.58. The Balaban J connectivity index is 1.24. The standard InChI is InChI=1S/C24H21FN4O4S/c1-15-6-8-16(9-7-15)22-27-21(33-28-22)11-10-20(30)26-12-13-29-23(31)19(34-24(29)32)14-17-4-2-3-5-18(17)25/h2-9,14H,10-13H2,1H3,(H,26,30)/b19-14-. The van der Waals surface area contributed by atoms with Crippen LogP contribution in [0.5, 0.6) is 0 Å². The van der Waals surface area contributed by atoms with Crippen molar-refractivity contribution < 1.29 is 23.3 Å². The van der Waals surface area contributed by atoms with E-state index < -0.39 is 17.0 Å². The molecule has 0 unspecified atom stereocenters. The average molecular weight is 481 g/mol. The Labute approximate surface area is 199 Å². The van der Waals surface area contributed by atoms with Gasteiger partial charge in [0.25, 0.3) is 11.1 Å². The highest BCUT2D eigenvalue weighted by Gasteiger charge is 2.34. The van der Waals surface area contributed by atoms with Crippen molar-refractivity contribution in [3.8, 4) is 11.4 Å². The van der Waals surface area contributed by atoms with E-state index in [9.17, 15) is 18.8 Å². The van der Waals surface area contributed by atoms with Crippen LogP contribution in [0.2, 0.25) is 0 Å². The van der Waals surface area contributed by atoms with Crippen molar-refractivity contribution in [1.29, 1.82) is 0 Å². The third-order valence-corrected chi connectivity index (χ3v) is 5.97. The van der Waals surface area contributed by atoms with E-state index in [1.165, 1.54) is 18.2 Å². The van der Waals surface area contributed by atoms with Crippen LogP contribution in [0.1, 0.15) is 23.4 Å². The van der Waals surface area contributed by atoms with E-state index in [1.54, 1.807) is 12.1 Å². The molecule has 3 amide bonds. The molecule has 2 aromatic carbocycles. The highest BCUT2D eigenvalue weighted by Crippen LogP contribution is 2.32. The molecule has 0 spiro atoms. The van der Waals surface area contributed by atoms with Crippen LogP contribution in [0.25, 0.3) is 17.5 Å². The van der Waals surface area contributed by atoms with E-state index >= 15 is 0 Å². The molecule has 0 radical (unpaired) electrons. The van der Waals surface area contributed by atoms with E-state index in [2.05, 4.69) is 15.5 Å². The predicted molar refractivity (Wildman–Crippen MR) is 125 cm³/mol. The van der Waals surface area contributed by atoms with Crippen LogP contribution in [0.4, 0.5) is 9.18 Å². The molecule has 0 atom stereocenters. The lowest BCUT2D eigenvalue weighted by molar-refractivity contribution is -0.124. The molecule has 1 fully saturated rings. The summed E-state index contributed by atoms with van der Waals surface area (Å²) in [6.07, 6.45) is 1.73. The first kappa shape index (κ1) is 23.4. The monoisotopic (exact) mass is 480 g/mol. The molecule has 0 saturated carbocycles. The van der Waals surface area contributed by atoms with Crippen LogP contribution in [0.15, 0.2) is 58.0 Å². The highest BCUT2D eigenvalue weighted by molar-refractivity contribution is 8.18. The smallest absolute Gasteiger partial charge is 0.293 e. The summed E-state index contributed by atoms with van der Waals surface area (Å²) in [5.74, 6) is -0.465. The van der Waals surface area contributed by atoms with Gasteiger partial charge in [-0.3, -0.25) is 19.3 Å². The number of benzene rings is 2. The van der Waals surface area contributed by atoms with Gasteiger partial charge in [0.15, 0.2) is 0 Å². The summed E-state index contributed by atoms with van der Waals surface area (Å²) < 4.78 is 19.0. The number of hydrogen-bond acceptors (Lipinski definition) is 7. The van der Waals surface area contributed by atoms with Crippen molar-refractivity contribution in [1.82, 2.24) is 20.4 Å². The maximum atomic E-state index is 13.8. The number of nitrogens with one attached hydrogen (secondary N) is 1. The van der Waals surface area contributed by atoms with Gasteiger partial charge < -0.3 is 9.84 Å². The number of thioether (sulfide) groups is 1. The summed E-state index contributed by atoms with van der Waals surface area (Å²) in [6, 6.07) is 13.7. The number of rotatable bonds is 8. The molecule has 1 saturated heterocycles. The lowest BCUT2D eigenvalue weighted by Gasteiger charge is -2.12. The lowest BCUT2D eigenvalue weighted by atomic mass is 10.1. The topological polar surface area (TPSA) is 105 Å². The molecule has 0 aliphatic carbocycles. The molecule has 8 nitrogen and oxygen atoms in total. The van der Waals surface area contributed by atoms with Crippen molar-refractivity contribution in [3.05, 3.63) is 76.3 Å². The minimum atomic E-state index is -0.512. The number of hydrogen-bond donors (Lipinski definition) is 1. The third kappa shape index (κ3) is 5.57. The fraction of sp³-hybridized carbons (Fsp3) is 0.208. The van der Waals surface area contributed by atoms with E-state index in [4.69, 9.17) is 4.52 Å². The van der Waals surface area contributed by atoms with Gasteiger partial charge in [0.05, 0.1) is 4.91 Å². The second kappa shape index (κ2) is 10.4. The number of aromatic nitrogens is 2. The Morgan fingerprint density at radius 3 is 2.71 bits per heavy atom. The summed E-state index contributed by atoms with van der Waals surface area (Å²) in [5.41, 5.74) is 2.18. The molecule has 10 heteroatoms. The maximum Gasteiger partial charge on any atom is 0.293 e. The van der Waals surface area contributed by atoms with Crippen LogP contribution in [-0.2, 0) is 16.0 Å². The van der Waals surface area contributed by atoms with Gasteiger partial charge in [-0.1, -0.05) is 53.2 Å². The summed E-state index contributed by atoms with van der Waals surface area (Å²) >= 11 is 0.744. The van der Waals surface area contributed by atoms with Crippen LogP contribution < -0.4 is 5.32 Å². The van der Waals surface area contributed by atoms with E-state index in [0.717, 1.165) is 27.8 Å². The quantitative estimate of drug-likeness (QED) is 0.486. The van der Waals surface area contributed by atoms with Gasteiger partial charge >= 0.3 is 0 Å². The molecule has 1 N–H and O–H groups in total. The molecule has 3 aromatic rings. The number of carbonyl (C=O) groups excluding carboxylic acids is 3. The lowest BCUT2D eigenvalue weighted by Crippen LogP contribution is -2.37. The average Bonchev–Trinajstić information content (AvgIpc) is 3.40. The third-order valence-electron chi connectivity index (χ3n) is 5.07. The molecular formula is C24H21FN4O4S. The highest BCUT2D eigenvalue weighted by atomic mass is 32.2. The molecule has 1 aliphatic rings. The Morgan fingerprint density at radius 1 is 1.18 bits per heavy atom. The molecule has 1 aromatic heterocycles. The summed E-state index contributed by atoms with van der Waals surface area (Å²) in [7, 11) is 0. The van der Waals surface area contributed by atoms with Crippen molar-refractivity contribution >= 4 is 34.9 Å². The molecule has 34 heavy (non-hydrogen) atoms. The molecule has 0 bridgehead atoms. The predicted octanol–water partition coefficient (Wildman–Crippen LogP) is 3.97. The van der Waals surface area contributed by atoms with Crippen LogP contribution >= 0.6 is 11.8 Å². The number of aryl methyl sites for hydroxylation is 2. The number of amides is 3. The summed E-state index contributed by atoms with van der Waals surface area (Å²) in [5, 5.41) is 6.15. The molecule has 1 aliphatic heterocycles. The van der Waals surface area contributed by atoms with Gasteiger partial charge in [0.1, 0.15) is 5.82 Å². The SMILES string of the molecule is Cc1ccc(-c2noc(CCC(=O)NCCN3C(=O)S/C(=C\c4ccccc4F)C3=O)n2)cc1. The number of carbonyl (C=O) groups is 3. The Bertz CT molecular complexity index is 1260. The molecule has 4 rings (SSSR count). The van der Waals surface area contributed by atoms with E-state index in [-0.39, 0.29) is 42.3 Å². The van der Waals surface area contributed by atoms with Gasteiger partial charge in [-0.2, -0.15) is 4.98 Å². The van der Waals surface area contributed by atoms with Gasteiger partial charge in [-0.15, -0.1) is 0 Å². The first-order valence-electron chi connectivity index (χ1n) is 10.6. The van der Waals surface area contributed by atoms with Crippen LogP contribution in [-0.4, -0.2) is 45.2 Å². The van der Waals surface area contributed by atoms with Crippen LogP contribution in [0, 0.1) is 12.7 Å². The van der Waals surface area contributed by atoms with E-state index in [1.807, 2.05) is 31.2 Å².